The number of hydrogen-bond donors (Lipinski definition) is 3. The molecule has 1 atom stereocenters. The Morgan fingerprint density at radius 2 is 2.02 bits per heavy atom. The summed E-state index contributed by atoms with van der Waals surface area (Å²) < 4.78 is 5.75. The summed E-state index contributed by atoms with van der Waals surface area (Å²) >= 11 is 0. The number of carbonyl (C=O) groups excluding carboxylic acids is 2. The van der Waals surface area contributed by atoms with Crippen molar-refractivity contribution in [1.82, 2.24) is 30.2 Å². The van der Waals surface area contributed by atoms with Gasteiger partial charge in [0.2, 0.25) is 5.91 Å². The first-order chi connectivity index (χ1) is 20.9. The number of ether oxygens (including phenoxy) is 1. The monoisotopic (exact) mass is 579 g/mol. The van der Waals surface area contributed by atoms with E-state index < -0.39 is 0 Å². The lowest BCUT2D eigenvalue weighted by atomic mass is 9.98. The molecular weight excluding hydrogens is 542 g/mol. The Morgan fingerprint density at radius 1 is 1.19 bits per heavy atom. The number of aromatic amines is 1. The van der Waals surface area contributed by atoms with Crippen LogP contribution >= 0.6 is 0 Å². The highest BCUT2D eigenvalue weighted by Gasteiger charge is 2.32. The molecule has 1 saturated heterocycles. The first-order valence-corrected chi connectivity index (χ1v) is 14.6. The molecule has 43 heavy (non-hydrogen) atoms. The van der Waals surface area contributed by atoms with E-state index in [1.165, 1.54) is 6.33 Å². The van der Waals surface area contributed by atoms with Crippen molar-refractivity contribution >= 4 is 34.1 Å². The highest BCUT2D eigenvalue weighted by molar-refractivity contribution is 5.95. The minimum absolute atomic E-state index is 0.0238. The van der Waals surface area contributed by atoms with Gasteiger partial charge < -0.3 is 25.3 Å². The lowest BCUT2D eigenvalue weighted by Gasteiger charge is -2.35. The Hall–Kier alpha value is -4.75. The number of ketones is 1. The Labute approximate surface area is 251 Å². The van der Waals surface area contributed by atoms with Gasteiger partial charge in [-0.3, -0.25) is 9.59 Å². The fourth-order valence-electron chi connectivity index (χ4n) is 5.32. The van der Waals surface area contributed by atoms with Crippen LogP contribution in [0.25, 0.3) is 22.2 Å². The molecule has 2 aromatic heterocycles. The predicted molar refractivity (Wildman–Crippen MR) is 167 cm³/mol. The van der Waals surface area contributed by atoms with Crippen LogP contribution in [0.2, 0.25) is 0 Å². The van der Waals surface area contributed by atoms with E-state index in [0.717, 1.165) is 53.8 Å². The number of carbonyl (C=O) groups is 2. The molecule has 1 fully saturated rings. The number of fused-ring (bicyclic) bond motifs is 1. The molecule has 2 aromatic carbocycles. The number of likely N-dealkylation sites (tertiary alicyclic amines) is 1. The molecule has 1 amide bonds. The van der Waals surface area contributed by atoms with Crippen LogP contribution < -0.4 is 15.4 Å². The fourth-order valence-corrected chi connectivity index (χ4v) is 5.32. The van der Waals surface area contributed by atoms with Gasteiger partial charge >= 0.3 is 0 Å². The van der Waals surface area contributed by atoms with Crippen molar-refractivity contribution in [3.8, 4) is 29.4 Å². The van der Waals surface area contributed by atoms with Crippen LogP contribution in [0, 0.1) is 18.3 Å². The first-order valence-electron chi connectivity index (χ1n) is 14.6. The Balaban J connectivity index is 1.43. The third kappa shape index (κ3) is 7.01. The summed E-state index contributed by atoms with van der Waals surface area (Å²) in [6, 6.07) is 11.1. The van der Waals surface area contributed by atoms with Crippen LogP contribution in [0.5, 0.6) is 5.75 Å². The van der Waals surface area contributed by atoms with Crippen molar-refractivity contribution in [3.05, 3.63) is 60.3 Å². The van der Waals surface area contributed by atoms with E-state index in [-0.39, 0.29) is 23.7 Å². The van der Waals surface area contributed by atoms with Crippen molar-refractivity contribution in [1.29, 1.82) is 0 Å². The molecule has 0 saturated carbocycles. The van der Waals surface area contributed by atoms with E-state index in [0.29, 0.717) is 42.2 Å². The summed E-state index contributed by atoms with van der Waals surface area (Å²) in [7, 11) is 3.62. The predicted octanol–water partition coefficient (Wildman–Crippen LogP) is 5.01. The Kier molecular flexibility index (Phi) is 9.32. The fraction of sp³-hybridized carbons (Fsp3) is 0.364. The molecule has 0 unspecified atom stereocenters. The van der Waals surface area contributed by atoms with E-state index in [2.05, 4.69) is 36.4 Å². The van der Waals surface area contributed by atoms with Crippen molar-refractivity contribution < 1.29 is 14.3 Å². The second-order valence-corrected chi connectivity index (χ2v) is 10.9. The number of methoxy groups -OCH3 is 1. The maximum absolute atomic E-state index is 13.0. The zero-order chi connectivity index (χ0) is 30.3. The number of rotatable bonds is 13. The summed E-state index contributed by atoms with van der Waals surface area (Å²) in [5, 5.41) is 7.36. The van der Waals surface area contributed by atoms with Crippen molar-refractivity contribution in [2.75, 3.05) is 32.6 Å². The van der Waals surface area contributed by atoms with Crippen molar-refractivity contribution in [2.24, 2.45) is 5.92 Å². The molecule has 0 radical (unpaired) electrons. The van der Waals surface area contributed by atoms with Crippen molar-refractivity contribution in [2.45, 2.75) is 45.1 Å². The lowest BCUT2D eigenvalue weighted by molar-refractivity contribution is -0.130. The molecule has 1 aliphatic rings. The molecule has 5 rings (SSSR count). The number of nitrogens with zero attached hydrogens (tertiary/aromatic N) is 4. The molecule has 0 aliphatic carbocycles. The van der Waals surface area contributed by atoms with Gasteiger partial charge in [0.1, 0.15) is 29.5 Å². The zero-order valence-corrected chi connectivity index (χ0v) is 24.8. The highest BCUT2D eigenvalue weighted by atomic mass is 16.5. The first kappa shape index (κ1) is 29.7. The van der Waals surface area contributed by atoms with Crippen molar-refractivity contribution in [3.63, 3.8) is 0 Å². The Bertz CT molecular complexity index is 1650. The number of H-pyrrole nitrogens is 1. The van der Waals surface area contributed by atoms with E-state index >= 15 is 0 Å². The standard InChI is InChI=1S/C33H37N7O3/c1-5-21-10-9-11-23(14-21)37-31-26-15-25(30(43-4)16-28(26)35-20-36-31)29-17-34-32(38-29)27(13-8-7-12-24(41)6-2)39-33(42)22-18-40(3)19-22/h1,9-11,14-17,20,22,27H,6-8,12-13,18-19H2,2-4H3,(H,34,38)(H,39,42)(H,35,36,37)/t27-/m0/s1. The number of anilines is 2. The maximum atomic E-state index is 13.0. The summed E-state index contributed by atoms with van der Waals surface area (Å²) in [4.78, 5) is 44.0. The number of Topliss-reactive ketones (excluding diaryl/α,β-unsaturated/α-hetero) is 1. The molecule has 4 aromatic rings. The van der Waals surface area contributed by atoms with Crippen LogP contribution in [0.4, 0.5) is 11.5 Å². The molecule has 3 N–H and O–H groups in total. The number of benzene rings is 2. The number of hydrogen-bond acceptors (Lipinski definition) is 8. The summed E-state index contributed by atoms with van der Waals surface area (Å²) in [6.45, 7) is 3.37. The van der Waals surface area contributed by atoms with E-state index in [1.807, 2.05) is 50.4 Å². The Morgan fingerprint density at radius 3 is 2.77 bits per heavy atom. The molecule has 10 heteroatoms. The van der Waals surface area contributed by atoms with Crippen LogP contribution in [0.15, 0.2) is 48.9 Å². The number of aromatic nitrogens is 4. The van der Waals surface area contributed by atoms with E-state index in [1.54, 1.807) is 13.3 Å². The second kappa shape index (κ2) is 13.5. The van der Waals surface area contributed by atoms with E-state index in [4.69, 9.17) is 16.1 Å². The van der Waals surface area contributed by atoms with Crippen LogP contribution in [0.1, 0.15) is 56.5 Å². The van der Waals surface area contributed by atoms with Crippen LogP contribution in [0.3, 0.4) is 0 Å². The molecule has 10 nitrogen and oxygen atoms in total. The van der Waals surface area contributed by atoms with Gasteiger partial charge in [0, 0.05) is 54.2 Å². The van der Waals surface area contributed by atoms with Gasteiger partial charge in [-0.05, 0) is 44.2 Å². The lowest BCUT2D eigenvalue weighted by Crippen LogP contribution is -2.52. The summed E-state index contributed by atoms with van der Waals surface area (Å²) in [5.74, 6) is 4.81. The summed E-state index contributed by atoms with van der Waals surface area (Å²) in [6.07, 6.45) is 12.2. The average Bonchev–Trinajstić information content (AvgIpc) is 3.50. The highest BCUT2D eigenvalue weighted by Crippen LogP contribution is 2.36. The number of amides is 1. The normalized spacial score (nSPS) is 14.1. The van der Waals surface area contributed by atoms with Gasteiger partial charge in [-0.1, -0.05) is 25.3 Å². The van der Waals surface area contributed by atoms with Crippen LogP contribution in [-0.2, 0) is 9.59 Å². The average molecular weight is 580 g/mol. The topological polar surface area (TPSA) is 125 Å². The van der Waals surface area contributed by atoms with Gasteiger partial charge in [0.05, 0.1) is 36.5 Å². The quantitative estimate of drug-likeness (QED) is 0.149. The zero-order valence-electron chi connectivity index (χ0n) is 24.8. The SMILES string of the molecule is C#Cc1cccc(Nc2ncnc3cc(OC)c(-c4cnc([C@H](CCCCC(=O)CC)NC(=O)C5CN(C)C5)[nH]4)cc23)c1. The van der Waals surface area contributed by atoms with Gasteiger partial charge in [-0.2, -0.15) is 0 Å². The molecule has 3 heterocycles. The smallest absolute Gasteiger partial charge is 0.226 e. The molecule has 0 spiro atoms. The summed E-state index contributed by atoms with van der Waals surface area (Å²) in [5.41, 5.74) is 3.81. The number of terminal acetylenes is 1. The van der Waals surface area contributed by atoms with Gasteiger partial charge in [-0.15, -0.1) is 6.42 Å². The third-order valence-electron chi connectivity index (χ3n) is 7.81. The largest absolute Gasteiger partial charge is 0.496 e. The molecule has 1 aliphatic heterocycles. The van der Waals surface area contributed by atoms with Crippen LogP contribution in [-0.4, -0.2) is 63.8 Å². The third-order valence-corrected chi connectivity index (χ3v) is 7.81. The molecule has 0 bridgehead atoms. The number of imidazole rings is 1. The molecular formula is C33H37N7O3. The van der Waals surface area contributed by atoms with Gasteiger partial charge in [-0.25, -0.2) is 15.0 Å². The second-order valence-electron chi connectivity index (χ2n) is 10.9. The maximum Gasteiger partial charge on any atom is 0.226 e. The number of unbranched alkanes of at least 4 members (excludes halogenated alkanes) is 1. The van der Waals surface area contributed by atoms with Gasteiger partial charge in [0.25, 0.3) is 0 Å². The number of nitrogens with one attached hydrogen (secondary N) is 3. The molecule has 222 valence electrons. The van der Waals surface area contributed by atoms with Gasteiger partial charge in [0.15, 0.2) is 0 Å². The van der Waals surface area contributed by atoms with E-state index in [9.17, 15) is 9.59 Å². The minimum atomic E-state index is -0.306. The minimum Gasteiger partial charge on any atom is -0.496 e.